The Morgan fingerprint density at radius 1 is 1.17 bits per heavy atom. The molecule has 1 N–H and O–H groups in total. The minimum atomic E-state index is -0.125. The molecule has 3 heterocycles. The fraction of sp³-hybridized carbons (Fsp3) is 0.696. The van der Waals surface area contributed by atoms with Gasteiger partial charge in [0.25, 0.3) is 0 Å². The summed E-state index contributed by atoms with van der Waals surface area (Å²) in [5, 5.41) is 2.96. The van der Waals surface area contributed by atoms with Crippen molar-refractivity contribution < 1.29 is 14.3 Å². The SMILES string of the molecule is O=C(CCc1cccnc1)NCC1CN(CC2CCN(CC3CC3)CC2)C(=O)CO1. The minimum absolute atomic E-state index is 0.00828. The fourth-order valence-electron chi connectivity index (χ4n) is 4.43. The second-order valence-corrected chi connectivity index (χ2v) is 9.08. The number of nitrogens with zero attached hydrogens (tertiary/aromatic N) is 3. The molecule has 1 aromatic rings. The molecule has 1 unspecified atom stereocenters. The largest absolute Gasteiger partial charge is 0.365 e. The van der Waals surface area contributed by atoms with Crippen LogP contribution in [-0.4, -0.2) is 78.6 Å². The number of carbonyl (C=O) groups is 2. The first-order valence-corrected chi connectivity index (χ1v) is 11.4. The molecule has 3 fully saturated rings. The van der Waals surface area contributed by atoms with Crippen LogP contribution in [0.2, 0.25) is 0 Å². The molecule has 1 atom stereocenters. The quantitative estimate of drug-likeness (QED) is 0.663. The van der Waals surface area contributed by atoms with Gasteiger partial charge in [-0.1, -0.05) is 6.07 Å². The lowest BCUT2D eigenvalue weighted by Gasteiger charge is -2.38. The van der Waals surface area contributed by atoms with Crippen molar-refractivity contribution in [2.75, 3.05) is 45.9 Å². The van der Waals surface area contributed by atoms with Crippen LogP contribution in [-0.2, 0) is 20.7 Å². The van der Waals surface area contributed by atoms with Crippen molar-refractivity contribution in [2.24, 2.45) is 11.8 Å². The molecule has 3 aliphatic rings. The molecular formula is C23H34N4O3. The topological polar surface area (TPSA) is 74.8 Å². The molecule has 1 saturated carbocycles. The molecule has 0 bridgehead atoms. The van der Waals surface area contributed by atoms with E-state index in [1.165, 1.54) is 32.2 Å². The minimum Gasteiger partial charge on any atom is -0.365 e. The maximum atomic E-state index is 12.3. The molecule has 7 heteroatoms. The van der Waals surface area contributed by atoms with Crippen LogP contribution in [0.1, 0.15) is 37.7 Å². The van der Waals surface area contributed by atoms with E-state index in [1.807, 2.05) is 17.0 Å². The van der Waals surface area contributed by atoms with Crippen molar-refractivity contribution in [3.8, 4) is 0 Å². The Morgan fingerprint density at radius 2 is 1.97 bits per heavy atom. The van der Waals surface area contributed by atoms with E-state index in [4.69, 9.17) is 4.74 Å². The first-order valence-electron chi connectivity index (χ1n) is 11.4. The number of hydrogen-bond acceptors (Lipinski definition) is 5. The molecule has 0 spiro atoms. The summed E-state index contributed by atoms with van der Waals surface area (Å²) in [4.78, 5) is 33.1. The predicted molar refractivity (Wildman–Crippen MR) is 114 cm³/mol. The Balaban J connectivity index is 1.15. The number of likely N-dealkylation sites (tertiary alicyclic amines) is 1. The molecule has 2 aliphatic heterocycles. The van der Waals surface area contributed by atoms with Gasteiger partial charge in [0.1, 0.15) is 6.61 Å². The number of aromatic nitrogens is 1. The highest BCUT2D eigenvalue weighted by Crippen LogP contribution is 2.31. The number of morpholine rings is 1. The zero-order valence-corrected chi connectivity index (χ0v) is 17.8. The number of carbonyl (C=O) groups excluding carboxylic acids is 2. The predicted octanol–water partition coefficient (Wildman–Crippen LogP) is 1.48. The van der Waals surface area contributed by atoms with E-state index in [1.54, 1.807) is 12.4 Å². The fourth-order valence-corrected chi connectivity index (χ4v) is 4.43. The van der Waals surface area contributed by atoms with Crippen molar-refractivity contribution in [1.29, 1.82) is 0 Å². The highest BCUT2D eigenvalue weighted by atomic mass is 16.5. The van der Waals surface area contributed by atoms with Gasteiger partial charge >= 0.3 is 0 Å². The van der Waals surface area contributed by atoms with Gasteiger partial charge in [0, 0.05) is 45.0 Å². The molecule has 30 heavy (non-hydrogen) atoms. The lowest BCUT2D eigenvalue weighted by molar-refractivity contribution is -0.150. The smallest absolute Gasteiger partial charge is 0.248 e. The van der Waals surface area contributed by atoms with E-state index in [-0.39, 0.29) is 24.5 Å². The summed E-state index contributed by atoms with van der Waals surface area (Å²) in [5.41, 5.74) is 1.06. The van der Waals surface area contributed by atoms with Gasteiger partial charge in [-0.3, -0.25) is 14.6 Å². The Hall–Kier alpha value is -1.99. The summed E-state index contributed by atoms with van der Waals surface area (Å²) < 4.78 is 5.67. The second kappa shape index (κ2) is 10.4. The van der Waals surface area contributed by atoms with Crippen LogP contribution in [0, 0.1) is 11.8 Å². The Bertz CT molecular complexity index is 702. The summed E-state index contributed by atoms with van der Waals surface area (Å²) in [5.74, 6) is 1.61. The lowest BCUT2D eigenvalue weighted by atomic mass is 9.95. The first-order chi connectivity index (χ1) is 14.7. The number of aryl methyl sites for hydroxylation is 1. The van der Waals surface area contributed by atoms with Gasteiger partial charge in [-0.05, 0) is 68.7 Å². The van der Waals surface area contributed by atoms with Gasteiger partial charge in [-0.2, -0.15) is 0 Å². The average molecular weight is 415 g/mol. The van der Waals surface area contributed by atoms with Crippen LogP contribution in [0.15, 0.2) is 24.5 Å². The molecule has 0 aromatic carbocycles. The monoisotopic (exact) mass is 414 g/mol. The van der Waals surface area contributed by atoms with Crippen molar-refractivity contribution in [1.82, 2.24) is 20.1 Å². The van der Waals surface area contributed by atoms with Gasteiger partial charge in [0.05, 0.1) is 6.10 Å². The molecule has 1 aromatic heterocycles. The number of amides is 2. The van der Waals surface area contributed by atoms with Crippen LogP contribution in [0.3, 0.4) is 0 Å². The van der Waals surface area contributed by atoms with E-state index in [0.29, 0.717) is 31.8 Å². The van der Waals surface area contributed by atoms with Gasteiger partial charge in [-0.15, -0.1) is 0 Å². The Morgan fingerprint density at radius 3 is 2.70 bits per heavy atom. The Labute approximate surface area is 179 Å². The summed E-state index contributed by atoms with van der Waals surface area (Å²) in [6.07, 6.45) is 9.66. The maximum Gasteiger partial charge on any atom is 0.248 e. The van der Waals surface area contributed by atoms with Gasteiger partial charge in [-0.25, -0.2) is 0 Å². The van der Waals surface area contributed by atoms with Gasteiger partial charge in [0.15, 0.2) is 0 Å². The zero-order chi connectivity index (χ0) is 20.8. The molecular weight excluding hydrogens is 380 g/mol. The van der Waals surface area contributed by atoms with Crippen LogP contribution >= 0.6 is 0 Å². The number of pyridine rings is 1. The van der Waals surface area contributed by atoms with E-state index >= 15 is 0 Å². The Kier molecular flexibility index (Phi) is 7.33. The average Bonchev–Trinajstić information content (AvgIpc) is 3.59. The van der Waals surface area contributed by atoms with Crippen LogP contribution in [0.25, 0.3) is 0 Å². The summed E-state index contributed by atoms with van der Waals surface area (Å²) in [6.45, 7) is 5.57. The number of ether oxygens (including phenoxy) is 1. The van der Waals surface area contributed by atoms with Crippen LogP contribution in [0.4, 0.5) is 0 Å². The highest BCUT2D eigenvalue weighted by molar-refractivity contribution is 5.78. The molecule has 4 rings (SSSR count). The molecule has 2 amide bonds. The molecule has 7 nitrogen and oxygen atoms in total. The van der Waals surface area contributed by atoms with Crippen LogP contribution in [0.5, 0.6) is 0 Å². The molecule has 164 valence electrons. The van der Waals surface area contributed by atoms with Gasteiger partial charge in [0.2, 0.25) is 11.8 Å². The number of piperidine rings is 1. The first kappa shape index (κ1) is 21.2. The second-order valence-electron chi connectivity index (χ2n) is 9.08. The third-order valence-electron chi connectivity index (χ3n) is 6.51. The number of hydrogen-bond donors (Lipinski definition) is 1. The molecule has 0 radical (unpaired) electrons. The van der Waals surface area contributed by atoms with E-state index < -0.39 is 0 Å². The normalized spacial score (nSPS) is 23.5. The van der Waals surface area contributed by atoms with E-state index in [9.17, 15) is 9.59 Å². The third kappa shape index (κ3) is 6.51. The van der Waals surface area contributed by atoms with Crippen LogP contribution < -0.4 is 5.32 Å². The van der Waals surface area contributed by atoms with Crippen molar-refractivity contribution >= 4 is 11.8 Å². The lowest BCUT2D eigenvalue weighted by Crippen LogP contribution is -2.52. The van der Waals surface area contributed by atoms with E-state index in [0.717, 1.165) is 31.1 Å². The zero-order valence-electron chi connectivity index (χ0n) is 17.8. The highest BCUT2D eigenvalue weighted by Gasteiger charge is 2.31. The maximum absolute atomic E-state index is 12.3. The van der Waals surface area contributed by atoms with E-state index in [2.05, 4.69) is 15.2 Å². The molecule has 2 saturated heterocycles. The van der Waals surface area contributed by atoms with Crippen molar-refractivity contribution in [3.05, 3.63) is 30.1 Å². The van der Waals surface area contributed by atoms with Crippen molar-refractivity contribution in [3.63, 3.8) is 0 Å². The number of nitrogens with one attached hydrogen (secondary N) is 1. The summed E-state index contributed by atoms with van der Waals surface area (Å²) in [6, 6.07) is 3.86. The van der Waals surface area contributed by atoms with Crippen molar-refractivity contribution in [2.45, 2.75) is 44.6 Å². The summed E-state index contributed by atoms with van der Waals surface area (Å²) in [7, 11) is 0. The molecule has 1 aliphatic carbocycles. The standard InChI is InChI=1S/C23H34N4O3/c28-22(6-5-18-2-1-9-24-12-18)25-13-21-16-27(23(29)17-30-21)15-20-7-10-26(11-8-20)14-19-3-4-19/h1-2,9,12,19-21H,3-8,10-11,13-17H2,(H,25,28). The summed E-state index contributed by atoms with van der Waals surface area (Å²) >= 11 is 0. The van der Waals surface area contributed by atoms with Gasteiger partial charge < -0.3 is 19.9 Å². The third-order valence-corrected chi connectivity index (χ3v) is 6.51. The number of rotatable bonds is 9.